The summed E-state index contributed by atoms with van der Waals surface area (Å²) >= 11 is 0. The van der Waals surface area contributed by atoms with Gasteiger partial charge in [0.25, 0.3) is 0 Å². The highest BCUT2D eigenvalue weighted by Gasteiger charge is 2.23. The zero-order chi connectivity index (χ0) is 22.1. The predicted octanol–water partition coefficient (Wildman–Crippen LogP) is 3.41. The molecule has 6 heteroatoms. The molecule has 0 bridgehead atoms. The van der Waals surface area contributed by atoms with Crippen LogP contribution in [0.5, 0.6) is 5.75 Å². The molecule has 1 aliphatic heterocycles. The number of nitrogens with zero attached hydrogens (tertiary/aromatic N) is 1. The molecular formula is C25H32N2O4. The van der Waals surface area contributed by atoms with Crippen LogP contribution in [0.2, 0.25) is 0 Å². The van der Waals surface area contributed by atoms with Gasteiger partial charge >= 0.3 is 0 Å². The van der Waals surface area contributed by atoms with Crippen LogP contribution in [0.3, 0.4) is 0 Å². The molecule has 6 nitrogen and oxygen atoms in total. The van der Waals surface area contributed by atoms with Gasteiger partial charge in [0.1, 0.15) is 5.75 Å². The Hall–Kier alpha value is -2.70. The normalized spacial score (nSPS) is 15.3. The molecule has 1 aliphatic rings. The maximum Gasteiger partial charge on any atom is 0.220 e. The number of benzene rings is 2. The van der Waals surface area contributed by atoms with E-state index in [1.165, 1.54) is 5.56 Å². The van der Waals surface area contributed by atoms with Gasteiger partial charge in [-0.25, -0.2) is 0 Å². The quantitative estimate of drug-likeness (QED) is 0.592. The number of morpholine rings is 1. The number of ketones is 1. The van der Waals surface area contributed by atoms with E-state index in [-0.39, 0.29) is 30.6 Å². The minimum Gasteiger partial charge on any atom is -0.497 e. The molecule has 0 radical (unpaired) electrons. The monoisotopic (exact) mass is 424 g/mol. The minimum absolute atomic E-state index is 0.00214. The maximum atomic E-state index is 12.5. The SMILES string of the molecule is CCc1ccc(C(=O)CCC(=O)NCC(c2ccc(OC)cc2)N2CCOCC2)cc1. The van der Waals surface area contributed by atoms with Gasteiger partial charge in [-0.05, 0) is 29.7 Å². The summed E-state index contributed by atoms with van der Waals surface area (Å²) in [6, 6.07) is 15.6. The van der Waals surface area contributed by atoms with E-state index in [4.69, 9.17) is 9.47 Å². The zero-order valence-corrected chi connectivity index (χ0v) is 18.4. The summed E-state index contributed by atoms with van der Waals surface area (Å²) in [5.41, 5.74) is 2.98. The molecule has 0 aliphatic carbocycles. The highest BCUT2D eigenvalue weighted by Crippen LogP contribution is 2.23. The van der Waals surface area contributed by atoms with E-state index < -0.39 is 0 Å². The van der Waals surface area contributed by atoms with Crippen molar-refractivity contribution in [3.05, 3.63) is 65.2 Å². The van der Waals surface area contributed by atoms with Crippen LogP contribution in [-0.2, 0) is 16.0 Å². The average Bonchev–Trinajstić information content (AvgIpc) is 2.83. The number of nitrogens with one attached hydrogen (secondary N) is 1. The van der Waals surface area contributed by atoms with Crippen LogP contribution in [-0.4, -0.2) is 56.5 Å². The summed E-state index contributed by atoms with van der Waals surface area (Å²) in [5, 5.41) is 3.03. The third kappa shape index (κ3) is 6.64. The molecule has 1 unspecified atom stereocenters. The second-order valence-corrected chi connectivity index (χ2v) is 7.72. The molecule has 0 aromatic heterocycles. The van der Waals surface area contributed by atoms with Gasteiger partial charge in [-0.1, -0.05) is 43.3 Å². The van der Waals surface area contributed by atoms with E-state index >= 15 is 0 Å². The Labute approximate surface area is 184 Å². The van der Waals surface area contributed by atoms with Crippen molar-refractivity contribution in [2.45, 2.75) is 32.2 Å². The van der Waals surface area contributed by atoms with Gasteiger partial charge in [0, 0.05) is 38.0 Å². The van der Waals surface area contributed by atoms with Crippen molar-refractivity contribution in [3.8, 4) is 5.75 Å². The molecule has 166 valence electrons. The third-order valence-corrected chi connectivity index (χ3v) is 5.74. The molecule has 1 fully saturated rings. The van der Waals surface area contributed by atoms with Crippen molar-refractivity contribution < 1.29 is 19.1 Å². The topological polar surface area (TPSA) is 67.9 Å². The number of Topliss-reactive ketones (excluding diaryl/α,β-unsaturated/α-hetero) is 1. The predicted molar refractivity (Wildman–Crippen MR) is 121 cm³/mol. The Bertz CT molecular complexity index is 843. The van der Waals surface area contributed by atoms with Crippen molar-refractivity contribution in [3.63, 3.8) is 0 Å². The number of hydrogen-bond donors (Lipinski definition) is 1. The fourth-order valence-electron chi connectivity index (χ4n) is 3.77. The fraction of sp³-hybridized carbons (Fsp3) is 0.440. The number of ether oxygens (including phenoxy) is 2. The summed E-state index contributed by atoms with van der Waals surface area (Å²) in [6.45, 7) is 5.58. The van der Waals surface area contributed by atoms with Crippen LogP contribution in [0.25, 0.3) is 0 Å². The van der Waals surface area contributed by atoms with Crippen LogP contribution < -0.4 is 10.1 Å². The lowest BCUT2D eigenvalue weighted by Crippen LogP contribution is -2.43. The van der Waals surface area contributed by atoms with Gasteiger partial charge in [-0.2, -0.15) is 0 Å². The Morgan fingerprint density at radius 2 is 1.71 bits per heavy atom. The van der Waals surface area contributed by atoms with E-state index in [1.807, 2.05) is 48.5 Å². The smallest absolute Gasteiger partial charge is 0.220 e. The van der Waals surface area contributed by atoms with E-state index in [9.17, 15) is 9.59 Å². The highest BCUT2D eigenvalue weighted by molar-refractivity contribution is 5.97. The van der Waals surface area contributed by atoms with E-state index in [0.717, 1.165) is 30.8 Å². The molecule has 3 rings (SSSR count). The van der Waals surface area contributed by atoms with Crippen molar-refractivity contribution in [2.24, 2.45) is 0 Å². The molecule has 1 atom stereocenters. The summed E-state index contributed by atoms with van der Waals surface area (Å²) in [6.07, 6.45) is 1.34. The lowest BCUT2D eigenvalue weighted by molar-refractivity contribution is -0.121. The molecule has 1 heterocycles. The number of amides is 1. The van der Waals surface area contributed by atoms with Gasteiger partial charge < -0.3 is 14.8 Å². The van der Waals surface area contributed by atoms with Crippen LogP contribution in [0.15, 0.2) is 48.5 Å². The number of methoxy groups -OCH3 is 1. The van der Waals surface area contributed by atoms with Gasteiger partial charge in [0.15, 0.2) is 5.78 Å². The first kappa shape index (κ1) is 23.0. The average molecular weight is 425 g/mol. The zero-order valence-electron chi connectivity index (χ0n) is 18.4. The van der Waals surface area contributed by atoms with Gasteiger partial charge in [0.2, 0.25) is 5.91 Å². The Kier molecular flexibility index (Phi) is 8.62. The summed E-state index contributed by atoms with van der Waals surface area (Å²) in [7, 11) is 1.65. The lowest BCUT2D eigenvalue weighted by atomic mass is 10.0. The molecule has 0 saturated carbocycles. The van der Waals surface area contributed by atoms with E-state index in [1.54, 1.807) is 7.11 Å². The second kappa shape index (κ2) is 11.6. The first-order valence-electron chi connectivity index (χ1n) is 10.9. The van der Waals surface area contributed by atoms with Crippen molar-refractivity contribution in [1.29, 1.82) is 0 Å². The van der Waals surface area contributed by atoms with E-state index in [0.29, 0.717) is 25.3 Å². The molecular weight excluding hydrogens is 392 g/mol. The van der Waals surface area contributed by atoms with Crippen LogP contribution in [0.1, 0.15) is 47.3 Å². The van der Waals surface area contributed by atoms with Gasteiger partial charge in [-0.3, -0.25) is 14.5 Å². The molecule has 1 saturated heterocycles. The molecule has 2 aromatic rings. The second-order valence-electron chi connectivity index (χ2n) is 7.72. The number of carbonyl (C=O) groups excluding carboxylic acids is 2. The first-order chi connectivity index (χ1) is 15.1. The van der Waals surface area contributed by atoms with Crippen LogP contribution >= 0.6 is 0 Å². The van der Waals surface area contributed by atoms with Crippen molar-refractivity contribution in [1.82, 2.24) is 10.2 Å². The molecule has 1 amide bonds. The molecule has 31 heavy (non-hydrogen) atoms. The summed E-state index contributed by atoms with van der Waals surface area (Å²) < 4.78 is 10.7. The number of rotatable bonds is 10. The Morgan fingerprint density at radius 1 is 1.03 bits per heavy atom. The lowest BCUT2D eigenvalue weighted by Gasteiger charge is -2.35. The number of carbonyl (C=O) groups is 2. The van der Waals surface area contributed by atoms with Crippen molar-refractivity contribution in [2.75, 3.05) is 40.0 Å². The van der Waals surface area contributed by atoms with Crippen LogP contribution in [0.4, 0.5) is 0 Å². The van der Waals surface area contributed by atoms with Crippen molar-refractivity contribution >= 4 is 11.7 Å². The molecule has 1 N–H and O–H groups in total. The Balaban J connectivity index is 1.55. The van der Waals surface area contributed by atoms with E-state index in [2.05, 4.69) is 17.1 Å². The molecule has 0 spiro atoms. The largest absolute Gasteiger partial charge is 0.497 e. The number of aryl methyl sites for hydroxylation is 1. The fourth-order valence-corrected chi connectivity index (χ4v) is 3.77. The van der Waals surface area contributed by atoms with Gasteiger partial charge in [0.05, 0.1) is 26.4 Å². The number of hydrogen-bond acceptors (Lipinski definition) is 5. The summed E-state index contributed by atoms with van der Waals surface area (Å²) in [4.78, 5) is 27.2. The third-order valence-electron chi connectivity index (χ3n) is 5.74. The first-order valence-corrected chi connectivity index (χ1v) is 10.9. The van der Waals surface area contributed by atoms with Gasteiger partial charge in [-0.15, -0.1) is 0 Å². The minimum atomic E-state index is -0.106. The maximum absolute atomic E-state index is 12.5. The molecule has 2 aromatic carbocycles. The standard InChI is InChI=1S/C25H32N2O4/c1-3-19-4-6-21(7-5-19)24(28)12-13-25(29)26-18-23(27-14-16-31-17-15-27)20-8-10-22(30-2)11-9-20/h4-11,23H,3,12-18H2,1-2H3,(H,26,29). The summed E-state index contributed by atoms with van der Waals surface area (Å²) in [5.74, 6) is 0.696. The highest BCUT2D eigenvalue weighted by atomic mass is 16.5. The Morgan fingerprint density at radius 3 is 2.32 bits per heavy atom. The van der Waals surface area contributed by atoms with Crippen LogP contribution in [0, 0.1) is 0 Å².